The fourth-order valence-electron chi connectivity index (χ4n) is 2.39. The Bertz CT molecular complexity index is 416. The lowest BCUT2D eigenvalue weighted by atomic mass is 10.0. The molecule has 1 aliphatic carbocycles. The number of anilines is 2. The summed E-state index contributed by atoms with van der Waals surface area (Å²) in [5.41, 5.74) is 7.14. The molecule has 1 saturated carbocycles. The van der Waals surface area contributed by atoms with Crippen LogP contribution in [-0.2, 0) is 4.79 Å². The zero-order chi connectivity index (χ0) is 13.5. The zero-order valence-electron chi connectivity index (χ0n) is 11.2. The zero-order valence-corrected chi connectivity index (χ0v) is 12.0. The number of hydrogen-bond acceptors (Lipinski definition) is 3. The maximum Gasteiger partial charge on any atom is 0.225 e. The molecule has 4 heteroatoms. The van der Waals surface area contributed by atoms with Crippen LogP contribution in [0.2, 0.25) is 0 Å². The normalized spacial score (nSPS) is 16.2. The molecule has 0 radical (unpaired) electrons. The van der Waals surface area contributed by atoms with Gasteiger partial charge < -0.3 is 11.1 Å². The summed E-state index contributed by atoms with van der Waals surface area (Å²) in [6.07, 6.45) is 7.31. The van der Waals surface area contributed by atoms with Crippen molar-refractivity contribution in [1.29, 1.82) is 0 Å². The molecule has 3 nitrogen and oxygen atoms in total. The fourth-order valence-corrected chi connectivity index (χ4v) is 3.69. The second kappa shape index (κ2) is 7.43. The molecule has 19 heavy (non-hydrogen) atoms. The molecule has 104 valence electrons. The van der Waals surface area contributed by atoms with Gasteiger partial charge in [0.15, 0.2) is 0 Å². The first-order valence-electron chi connectivity index (χ1n) is 7.01. The standard InChI is InChI=1S/C15H22N2OS/c16-12-5-4-6-13(11-12)17-15(18)9-10-19-14-7-2-1-3-8-14/h4-6,11,14H,1-3,7-10,16H2,(H,17,18). The number of thioether (sulfide) groups is 1. The van der Waals surface area contributed by atoms with E-state index in [9.17, 15) is 4.79 Å². The van der Waals surface area contributed by atoms with E-state index in [1.165, 1.54) is 32.1 Å². The van der Waals surface area contributed by atoms with Gasteiger partial charge in [0.1, 0.15) is 0 Å². The number of rotatable bonds is 5. The number of nitrogens with two attached hydrogens (primary N) is 1. The summed E-state index contributed by atoms with van der Waals surface area (Å²) >= 11 is 1.95. The van der Waals surface area contributed by atoms with Crippen molar-refractivity contribution in [1.82, 2.24) is 0 Å². The lowest BCUT2D eigenvalue weighted by molar-refractivity contribution is -0.115. The molecule has 0 unspecified atom stereocenters. The Morgan fingerprint density at radius 3 is 2.84 bits per heavy atom. The molecule has 1 aromatic rings. The topological polar surface area (TPSA) is 55.1 Å². The number of nitrogens with one attached hydrogen (secondary N) is 1. The van der Waals surface area contributed by atoms with E-state index in [1.54, 1.807) is 6.07 Å². The second-order valence-corrected chi connectivity index (χ2v) is 6.46. The van der Waals surface area contributed by atoms with Gasteiger partial charge in [-0.1, -0.05) is 25.3 Å². The Hall–Kier alpha value is -1.16. The second-order valence-electron chi connectivity index (χ2n) is 5.05. The van der Waals surface area contributed by atoms with Crippen LogP contribution < -0.4 is 11.1 Å². The minimum absolute atomic E-state index is 0.0777. The molecule has 3 N–H and O–H groups in total. The van der Waals surface area contributed by atoms with Crippen molar-refractivity contribution < 1.29 is 4.79 Å². The predicted molar refractivity (Wildman–Crippen MR) is 83.4 cm³/mol. The first-order valence-corrected chi connectivity index (χ1v) is 8.06. The molecule has 0 aliphatic heterocycles. The van der Waals surface area contributed by atoms with Crippen LogP contribution in [0, 0.1) is 0 Å². The maximum atomic E-state index is 11.8. The van der Waals surface area contributed by atoms with Gasteiger partial charge in [-0.15, -0.1) is 0 Å². The van der Waals surface area contributed by atoms with E-state index in [-0.39, 0.29) is 5.91 Å². The number of amides is 1. The minimum Gasteiger partial charge on any atom is -0.399 e. The number of carbonyl (C=O) groups is 1. The van der Waals surface area contributed by atoms with Crippen molar-refractivity contribution in [2.45, 2.75) is 43.8 Å². The molecule has 0 aromatic heterocycles. The third-order valence-corrected chi connectivity index (χ3v) is 4.79. The van der Waals surface area contributed by atoms with Crippen molar-refractivity contribution in [2.75, 3.05) is 16.8 Å². The highest BCUT2D eigenvalue weighted by atomic mass is 32.2. The minimum atomic E-state index is 0.0777. The van der Waals surface area contributed by atoms with Gasteiger partial charge in [-0.05, 0) is 31.0 Å². The van der Waals surface area contributed by atoms with Crippen LogP contribution in [0.25, 0.3) is 0 Å². The van der Waals surface area contributed by atoms with Crippen molar-refractivity contribution in [3.63, 3.8) is 0 Å². The highest BCUT2D eigenvalue weighted by Gasteiger charge is 2.14. The molecule has 0 saturated heterocycles. The molecule has 1 fully saturated rings. The Morgan fingerprint density at radius 1 is 1.32 bits per heavy atom. The third kappa shape index (κ3) is 5.15. The molecule has 1 aliphatic rings. The number of benzene rings is 1. The Balaban J connectivity index is 1.67. The van der Waals surface area contributed by atoms with E-state index < -0.39 is 0 Å². The average Bonchev–Trinajstić information content (AvgIpc) is 2.40. The summed E-state index contributed by atoms with van der Waals surface area (Å²) in [6.45, 7) is 0. The smallest absolute Gasteiger partial charge is 0.225 e. The van der Waals surface area contributed by atoms with Gasteiger partial charge in [0.2, 0.25) is 5.91 Å². The summed E-state index contributed by atoms with van der Waals surface area (Å²) in [6, 6.07) is 7.31. The molecule has 0 spiro atoms. The van der Waals surface area contributed by atoms with Gasteiger partial charge in [0.05, 0.1) is 0 Å². The maximum absolute atomic E-state index is 11.8. The number of carbonyl (C=O) groups excluding carboxylic acids is 1. The van der Waals surface area contributed by atoms with Crippen LogP contribution in [-0.4, -0.2) is 16.9 Å². The van der Waals surface area contributed by atoms with E-state index in [0.717, 1.165) is 16.7 Å². The first kappa shape index (κ1) is 14.3. The first-order chi connectivity index (χ1) is 9.24. The van der Waals surface area contributed by atoms with Gasteiger partial charge in [-0.25, -0.2) is 0 Å². The van der Waals surface area contributed by atoms with Crippen LogP contribution in [0.15, 0.2) is 24.3 Å². The summed E-state index contributed by atoms with van der Waals surface area (Å²) < 4.78 is 0. The SMILES string of the molecule is Nc1cccc(NC(=O)CCSC2CCCCC2)c1. The van der Waals surface area contributed by atoms with Gasteiger partial charge in [-0.3, -0.25) is 4.79 Å². The molecule has 1 aromatic carbocycles. The van der Waals surface area contributed by atoms with Crippen LogP contribution >= 0.6 is 11.8 Å². The largest absolute Gasteiger partial charge is 0.399 e. The van der Waals surface area contributed by atoms with Gasteiger partial charge >= 0.3 is 0 Å². The van der Waals surface area contributed by atoms with E-state index in [2.05, 4.69) is 5.32 Å². The lowest BCUT2D eigenvalue weighted by Gasteiger charge is -2.20. The highest BCUT2D eigenvalue weighted by Crippen LogP contribution is 2.28. The average molecular weight is 278 g/mol. The molecule has 0 atom stereocenters. The Kier molecular flexibility index (Phi) is 5.58. The quantitative estimate of drug-likeness (QED) is 0.808. The molecular weight excluding hydrogens is 256 g/mol. The summed E-state index contributed by atoms with van der Waals surface area (Å²) in [7, 11) is 0. The van der Waals surface area contributed by atoms with Crippen molar-refractivity contribution in [3.05, 3.63) is 24.3 Å². The summed E-state index contributed by atoms with van der Waals surface area (Å²) in [4.78, 5) is 11.8. The van der Waals surface area contributed by atoms with Crippen LogP contribution in [0.1, 0.15) is 38.5 Å². The van der Waals surface area contributed by atoms with Crippen LogP contribution in [0.5, 0.6) is 0 Å². The van der Waals surface area contributed by atoms with Crippen molar-refractivity contribution in [3.8, 4) is 0 Å². The molecule has 1 amide bonds. The third-order valence-electron chi connectivity index (χ3n) is 3.41. The number of hydrogen-bond donors (Lipinski definition) is 2. The van der Waals surface area contributed by atoms with Gasteiger partial charge in [-0.2, -0.15) is 11.8 Å². The molecule has 0 heterocycles. The van der Waals surface area contributed by atoms with Crippen molar-refractivity contribution >= 4 is 29.0 Å². The van der Waals surface area contributed by atoms with Crippen LogP contribution in [0.3, 0.4) is 0 Å². The lowest BCUT2D eigenvalue weighted by Crippen LogP contribution is -2.14. The monoisotopic (exact) mass is 278 g/mol. The Morgan fingerprint density at radius 2 is 2.11 bits per heavy atom. The van der Waals surface area contributed by atoms with Crippen molar-refractivity contribution in [2.24, 2.45) is 0 Å². The van der Waals surface area contributed by atoms with E-state index in [4.69, 9.17) is 5.73 Å². The molecular formula is C15H22N2OS. The van der Waals surface area contributed by atoms with E-state index >= 15 is 0 Å². The number of nitrogen functional groups attached to an aromatic ring is 1. The van der Waals surface area contributed by atoms with Gasteiger partial charge in [0.25, 0.3) is 0 Å². The fraction of sp³-hybridized carbons (Fsp3) is 0.533. The van der Waals surface area contributed by atoms with Crippen LogP contribution in [0.4, 0.5) is 11.4 Å². The predicted octanol–water partition coefficient (Wildman–Crippen LogP) is 3.66. The highest BCUT2D eigenvalue weighted by molar-refractivity contribution is 7.99. The Labute approximate surface area is 119 Å². The molecule has 0 bridgehead atoms. The summed E-state index contributed by atoms with van der Waals surface area (Å²) in [5.74, 6) is 0.993. The van der Waals surface area contributed by atoms with Gasteiger partial charge in [0, 0.05) is 28.8 Å². The molecule has 2 rings (SSSR count). The summed E-state index contributed by atoms with van der Waals surface area (Å²) in [5, 5.41) is 3.66. The van der Waals surface area contributed by atoms with E-state index in [0.29, 0.717) is 12.1 Å². The van der Waals surface area contributed by atoms with E-state index in [1.807, 2.05) is 30.0 Å².